The van der Waals surface area contributed by atoms with Gasteiger partial charge in [-0.1, -0.05) is 24.3 Å². The summed E-state index contributed by atoms with van der Waals surface area (Å²) in [4.78, 5) is 0. The monoisotopic (exact) mass is 205 g/mol. The summed E-state index contributed by atoms with van der Waals surface area (Å²) in [6.45, 7) is 0.0959. The molecule has 82 valence electrons. The Morgan fingerprint density at radius 2 is 2.20 bits per heavy atom. The van der Waals surface area contributed by atoms with Crippen LogP contribution >= 0.6 is 0 Å². The van der Waals surface area contributed by atoms with Crippen LogP contribution in [0.3, 0.4) is 0 Å². The van der Waals surface area contributed by atoms with Crippen molar-refractivity contribution >= 4 is 0 Å². The summed E-state index contributed by atoms with van der Waals surface area (Å²) < 4.78 is 0. The summed E-state index contributed by atoms with van der Waals surface area (Å²) in [5, 5.41) is 8.99. The highest BCUT2D eigenvalue weighted by molar-refractivity contribution is 5.32. The summed E-state index contributed by atoms with van der Waals surface area (Å²) in [7, 11) is 0. The van der Waals surface area contributed by atoms with Crippen LogP contribution < -0.4 is 5.73 Å². The SMILES string of the molecule is NC(CO)CC1CCCc2ccccc21. The molecule has 2 atom stereocenters. The fourth-order valence-corrected chi connectivity index (χ4v) is 2.54. The number of aliphatic hydroxyl groups is 1. The van der Waals surface area contributed by atoms with E-state index in [0.717, 1.165) is 6.42 Å². The van der Waals surface area contributed by atoms with Crippen molar-refractivity contribution < 1.29 is 5.11 Å². The van der Waals surface area contributed by atoms with E-state index in [0.29, 0.717) is 5.92 Å². The second kappa shape index (κ2) is 4.77. The van der Waals surface area contributed by atoms with Gasteiger partial charge in [-0.05, 0) is 42.7 Å². The lowest BCUT2D eigenvalue weighted by molar-refractivity contribution is 0.251. The number of aryl methyl sites for hydroxylation is 1. The predicted molar refractivity (Wildman–Crippen MR) is 61.8 cm³/mol. The molecule has 15 heavy (non-hydrogen) atoms. The van der Waals surface area contributed by atoms with Crippen LogP contribution in [0, 0.1) is 0 Å². The Hall–Kier alpha value is -0.860. The van der Waals surface area contributed by atoms with Crippen molar-refractivity contribution in [1.29, 1.82) is 0 Å². The highest BCUT2D eigenvalue weighted by Gasteiger charge is 2.21. The first kappa shape index (κ1) is 10.7. The van der Waals surface area contributed by atoms with E-state index in [2.05, 4.69) is 24.3 Å². The smallest absolute Gasteiger partial charge is 0.0582 e. The number of fused-ring (bicyclic) bond motifs is 1. The Bertz CT molecular complexity index is 324. The third kappa shape index (κ3) is 2.39. The molecule has 0 bridgehead atoms. The van der Waals surface area contributed by atoms with Gasteiger partial charge < -0.3 is 10.8 Å². The molecule has 1 aromatic carbocycles. The maximum atomic E-state index is 8.99. The van der Waals surface area contributed by atoms with Crippen molar-refractivity contribution in [3.63, 3.8) is 0 Å². The average Bonchev–Trinajstić information content (AvgIpc) is 2.29. The summed E-state index contributed by atoms with van der Waals surface area (Å²) >= 11 is 0. The second-order valence-corrected chi connectivity index (χ2v) is 4.47. The van der Waals surface area contributed by atoms with Gasteiger partial charge in [0.2, 0.25) is 0 Å². The number of hydrogen-bond acceptors (Lipinski definition) is 2. The second-order valence-electron chi connectivity index (χ2n) is 4.47. The third-order valence-corrected chi connectivity index (χ3v) is 3.32. The molecule has 0 aromatic heterocycles. The molecular formula is C13H19NO. The maximum Gasteiger partial charge on any atom is 0.0582 e. The molecule has 1 aromatic rings. The van der Waals surface area contributed by atoms with Gasteiger partial charge in [0.1, 0.15) is 0 Å². The van der Waals surface area contributed by atoms with E-state index < -0.39 is 0 Å². The number of rotatable bonds is 3. The lowest BCUT2D eigenvalue weighted by atomic mass is 9.80. The lowest BCUT2D eigenvalue weighted by Crippen LogP contribution is -2.27. The van der Waals surface area contributed by atoms with Gasteiger partial charge in [0.05, 0.1) is 6.61 Å². The number of benzene rings is 1. The molecule has 0 spiro atoms. The van der Waals surface area contributed by atoms with E-state index in [-0.39, 0.29) is 12.6 Å². The molecular weight excluding hydrogens is 186 g/mol. The van der Waals surface area contributed by atoms with Crippen molar-refractivity contribution in [2.45, 2.75) is 37.6 Å². The molecule has 2 rings (SSSR count). The van der Waals surface area contributed by atoms with E-state index in [1.165, 1.54) is 30.4 Å². The van der Waals surface area contributed by atoms with Gasteiger partial charge in [-0.3, -0.25) is 0 Å². The van der Waals surface area contributed by atoms with E-state index in [4.69, 9.17) is 10.8 Å². The molecule has 0 fully saturated rings. The van der Waals surface area contributed by atoms with Crippen LogP contribution in [-0.4, -0.2) is 17.8 Å². The van der Waals surface area contributed by atoms with Gasteiger partial charge in [0.25, 0.3) is 0 Å². The van der Waals surface area contributed by atoms with E-state index in [9.17, 15) is 0 Å². The quantitative estimate of drug-likeness (QED) is 0.790. The van der Waals surface area contributed by atoms with Crippen LogP contribution in [0.15, 0.2) is 24.3 Å². The fourth-order valence-electron chi connectivity index (χ4n) is 2.54. The zero-order chi connectivity index (χ0) is 10.7. The van der Waals surface area contributed by atoms with Crippen molar-refractivity contribution in [3.8, 4) is 0 Å². The summed E-state index contributed by atoms with van der Waals surface area (Å²) in [6, 6.07) is 8.56. The molecule has 2 nitrogen and oxygen atoms in total. The van der Waals surface area contributed by atoms with Crippen LogP contribution in [0.5, 0.6) is 0 Å². The summed E-state index contributed by atoms with van der Waals surface area (Å²) in [5.41, 5.74) is 8.73. The Morgan fingerprint density at radius 1 is 1.40 bits per heavy atom. The van der Waals surface area contributed by atoms with Crippen molar-refractivity contribution in [2.75, 3.05) is 6.61 Å². The molecule has 0 aliphatic heterocycles. The number of nitrogens with two attached hydrogens (primary N) is 1. The van der Waals surface area contributed by atoms with Crippen LogP contribution in [-0.2, 0) is 6.42 Å². The number of aliphatic hydroxyl groups excluding tert-OH is 1. The minimum absolute atomic E-state index is 0.0684. The third-order valence-electron chi connectivity index (χ3n) is 3.32. The van der Waals surface area contributed by atoms with Gasteiger partial charge in [-0.2, -0.15) is 0 Å². The van der Waals surface area contributed by atoms with Gasteiger partial charge in [-0.25, -0.2) is 0 Å². The Morgan fingerprint density at radius 3 is 3.00 bits per heavy atom. The van der Waals surface area contributed by atoms with Crippen LogP contribution in [0.25, 0.3) is 0 Å². The molecule has 0 saturated carbocycles. The van der Waals surface area contributed by atoms with Crippen molar-refractivity contribution in [2.24, 2.45) is 5.73 Å². The molecule has 2 heteroatoms. The van der Waals surface area contributed by atoms with Gasteiger partial charge in [-0.15, -0.1) is 0 Å². The number of hydrogen-bond donors (Lipinski definition) is 2. The molecule has 0 amide bonds. The Labute approximate surface area is 91.1 Å². The summed E-state index contributed by atoms with van der Waals surface area (Å²) in [6.07, 6.45) is 4.57. The molecule has 2 unspecified atom stereocenters. The fraction of sp³-hybridized carbons (Fsp3) is 0.538. The Kier molecular flexibility index (Phi) is 3.39. The summed E-state index contributed by atoms with van der Waals surface area (Å²) in [5.74, 6) is 0.553. The van der Waals surface area contributed by atoms with Crippen LogP contribution in [0.2, 0.25) is 0 Å². The van der Waals surface area contributed by atoms with E-state index in [1.807, 2.05) is 0 Å². The van der Waals surface area contributed by atoms with Gasteiger partial charge in [0, 0.05) is 6.04 Å². The standard InChI is InChI=1S/C13H19NO/c14-12(9-15)8-11-6-3-5-10-4-1-2-7-13(10)11/h1-2,4,7,11-12,15H,3,5-6,8-9,14H2. The van der Waals surface area contributed by atoms with Crippen molar-refractivity contribution in [1.82, 2.24) is 0 Å². The zero-order valence-electron chi connectivity index (χ0n) is 9.02. The highest BCUT2D eigenvalue weighted by Crippen LogP contribution is 2.34. The first-order valence-corrected chi connectivity index (χ1v) is 5.75. The lowest BCUT2D eigenvalue weighted by Gasteiger charge is -2.27. The molecule has 3 N–H and O–H groups in total. The van der Waals surface area contributed by atoms with Gasteiger partial charge >= 0.3 is 0 Å². The van der Waals surface area contributed by atoms with Gasteiger partial charge in [0.15, 0.2) is 0 Å². The normalized spacial score (nSPS) is 22.1. The molecule has 0 saturated heterocycles. The minimum Gasteiger partial charge on any atom is -0.395 e. The molecule has 0 radical (unpaired) electrons. The topological polar surface area (TPSA) is 46.2 Å². The van der Waals surface area contributed by atoms with Crippen molar-refractivity contribution in [3.05, 3.63) is 35.4 Å². The van der Waals surface area contributed by atoms with Crippen LogP contribution in [0.1, 0.15) is 36.3 Å². The first-order chi connectivity index (χ1) is 7.31. The van der Waals surface area contributed by atoms with E-state index >= 15 is 0 Å². The molecule has 1 aliphatic rings. The molecule has 1 aliphatic carbocycles. The Balaban J connectivity index is 2.15. The highest BCUT2D eigenvalue weighted by atomic mass is 16.3. The molecule has 0 heterocycles. The minimum atomic E-state index is -0.0684. The average molecular weight is 205 g/mol. The predicted octanol–water partition coefficient (Wildman–Crippen LogP) is 1.82. The first-order valence-electron chi connectivity index (χ1n) is 5.75. The maximum absolute atomic E-state index is 8.99. The van der Waals surface area contributed by atoms with E-state index in [1.54, 1.807) is 0 Å². The van der Waals surface area contributed by atoms with Crippen LogP contribution in [0.4, 0.5) is 0 Å². The largest absolute Gasteiger partial charge is 0.395 e. The zero-order valence-corrected chi connectivity index (χ0v) is 9.02.